The van der Waals surface area contributed by atoms with E-state index in [2.05, 4.69) is 43.1 Å². The van der Waals surface area contributed by atoms with E-state index in [0.717, 1.165) is 47.7 Å². The maximum Gasteiger partial charge on any atom is 0.205 e. The molecule has 1 saturated heterocycles. The van der Waals surface area contributed by atoms with E-state index in [-0.39, 0.29) is 5.82 Å². The molecule has 0 saturated carbocycles. The summed E-state index contributed by atoms with van der Waals surface area (Å²) in [6, 6.07) is 20.3. The number of nitrogens with zero attached hydrogens (tertiary/aromatic N) is 3. The predicted octanol–water partition coefficient (Wildman–Crippen LogP) is 6.25. The van der Waals surface area contributed by atoms with Crippen LogP contribution in [0.2, 0.25) is 0 Å². The highest BCUT2D eigenvalue weighted by Crippen LogP contribution is 2.22. The van der Waals surface area contributed by atoms with Gasteiger partial charge in [0, 0.05) is 23.8 Å². The van der Waals surface area contributed by atoms with Gasteiger partial charge in [-0.1, -0.05) is 18.2 Å². The van der Waals surface area contributed by atoms with Gasteiger partial charge in [0.05, 0.1) is 11.4 Å². The molecule has 3 aromatic carbocycles. The Kier molecular flexibility index (Phi) is 7.26. The number of nitrogens with two attached hydrogens (primary N) is 1. The molecule has 5 nitrogen and oxygen atoms in total. The van der Waals surface area contributed by atoms with Crippen molar-refractivity contribution in [3.8, 4) is 0 Å². The molecule has 1 fully saturated rings. The van der Waals surface area contributed by atoms with E-state index in [1.807, 2.05) is 30.3 Å². The Morgan fingerprint density at radius 2 is 1.53 bits per heavy atom. The molecule has 0 aliphatic carbocycles. The van der Waals surface area contributed by atoms with Gasteiger partial charge in [-0.15, -0.1) is 0 Å². The SMILES string of the molecule is Cc1cccc(C)c1/C(=N\c1ccc(F)cc1)N/C(=N/c1ccc(N)cc1)N1CCCCC1C. The Morgan fingerprint density at radius 1 is 0.912 bits per heavy atom. The van der Waals surface area contributed by atoms with Crippen LogP contribution in [0.1, 0.15) is 42.9 Å². The zero-order chi connectivity index (χ0) is 24.1. The van der Waals surface area contributed by atoms with Gasteiger partial charge in [-0.05, 0) is 99.7 Å². The minimum atomic E-state index is -0.284. The summed E-state index contributed by atoms with van der Waals surface area (Å²) in [5, 5.41) is 3.58. The van der Waals surface area contributed by atoms with Crippen molar-refractivity contribution in [2.45, 2.75) is 46.1 Å². The van der Waals surface area contributed by atoms with E-state index >= 15 is 0 Å². The molecular formula is C28H32FN5. The highest BCUT2D eigenvalue weighted by molar-refractivity contribution is 6.11. The number of rotatable bonds is 3. The van der Waals surface area contributed by atoms with E-state index in [1.54, 1.807) is 12.1 Å². The van der Waals surface area contributed by atoms with E-state index in [1.165, 1.54) is 18.6 Å². The number of amidine groups is 1. The van der Waals surface area contributed by atoms with E-state index in [0.29, 0.717) is 23.3 Å². The fraction of sp³-hybridized carbons (Fsp3) is 0.286. The molecule has 34 heavy (non-hydrogen) atoms. The first-order chi connectivity index (χ1) is 16.4. The number of aryl methyl sites for hydroxylation is 2. The van der Waals surface area contributed by atoms with Gasteiger partial charge in [0.15, 0.2) is 0 Å². The number of anilines is 1. The zero-order valence-corrected chi connectivity index (χ0v) is 20.1. The number of aliphatic imine (C=N–C) groups is 2. The van der Waals surface area contributed by atoms with Crippen molar-refractivity contribution in [2.24, 2.45) is 9.98 Å². The number of guanidine groups is 1. The number of likely N-dealkylation sites (tertiary alicyclic amines) is 1. The van der Waals surface area contributed by atoms with Crippen LogP contribution in [0, 0.1) is 19.7 Å². The molecule has 0 spiro atoms. The Bertz CT molecular complexity index is 1160. The highest BCUT2D eigenvalue weighted by Gasteiger charge is 2.24. The first-order valence-electron chi connectivity index (χ1n) is 11.8. The maximum atomic E-state index is 13.5. The monoisotopic (exact) mass is 457 g/mol. The smallest absolute Gasteiger partial charge is 0.205 e. The van der Waals surface area contributed by atoms with Crippen LogP contribution in [0.5, 0.6) is 0 Å². The van der Waals surface area contributed by atoms with Crippen LogP contribution in [0.15, 0.2) is 76.7 Å². The van der Waals surface area contributed by atoms with Crippen LogP contribution in [0.4, 0.5) is 21.5 Å². The van der Waals surface area contributed by atoms with Crippen molar-refractivity contribution in [2.75, 3.05) is 12.3 Å². The molecule has 1 heterocycles. The van der Waals surface area contributed by atoms with Crippen molar-refractivity contribution in [1.82, 2.24) is 10.2 Å². The summed E-state index contributed by atoms with van der Waals surface area (Å²) in [5.74, 6) is 1.16. The van der Waals surface area contributed by atoms with Crippen LogP contribution in [0.3, 0.4) is 0 Å². The minimum Gasteiger partial charge on any atom is -0.399 e. The number of halogens is 1. The average Bonchev–Trinajstić information content (AvgIpc) is 2.81. The number of piperidine rings is 1. The van der Waals surface area contributed by atoms with Crippen molar-refractivity contribution >= 4 is 28.9 Å². The third-order valence-electron chi connectivity index (χ3n) is 6.22. The van der Waals surface area contributed by atoms with Crippen LogP contribution in [0.25, 0.3) is 0 Å². The van der Waals surface area contributed by atoms with Crippen molar-refractivity contribution < 1.29 is 4.39 Å². The Morgan fingerprint density at radius 3 is 2.18 bits per heavy atom. The third-order valence-corrected chi connectivity index (χ3v) is 6.22. The molecule has 4 rings (SSSR count). The minimum absolute atomic E-state index is 0.284. The lowest BCUT2D eigenvalue weighted by Gasteiger charge is -2.36. The lowest BCUT2D eigenvalue weighted by atomic mass is 10.0. The molecule has 0 radical (unpaired) electrons. The molecular weight excluding hydrogens is 425 g/mol. The zero-order valence-electron chi connectivity index (χ0n) is 20.1. The van der Waals surface area contributed by atoms with Crippen molar-refractivity contribution in [1.29, 1.82) is 0 Å². The number of hydrogen-bond acceptors (Lipinski definition) is 3. The van der Waals surface area contributed by atoms with Crippen LogP contribution < -0.4 is 11.1 Å². The van der Waals surface area contributed by atoms with Gasteiger partial charge >= 0.3 is 0 Å². The molecule has 6 heteroatoms. The summed E-state index contributed by atoms with van der Waals surface area (Å²) in [6.45, 7) is 7.29. The predicted molar refractivity (Wildman–Crippen MR) is 140 cm³/mol. The van der Waals surface area contributed by atoms with Gasteiger partial charge in [-0.3, -0.25) is 0 Å². The largest absolute Gasteiger partial charge is 0.399 e. The lowest BCUT2D eigenvalue weighted by Crippen LogP contribution is -2.50. The van der Waals surface area contributed by atoms with Gasteiger partial charge in [0.25, 0.3) is 0 Å². The summed E-state index contributed by atoms with van der Waals surface area (Å²) in [4.78, 5) is 12.2. The molecule has 176 valence electrons. The number of hydrogen-bond donors (Lipinski definition) is 2. The fourth-order valence-corrected chi connectivity index (χ4v) is 4.33. The van der Waals surface area contributed by atoms with Crippen LogP contribution in [-0.2, 0) is 0 Å². The van der Waals surface area contributed by atoms with E-state index < -0.39 is 0 Å². The second kappa shape index (κ2) is 10.5. The lowest BCUT2D eigenvalue weighted by molar-refractivity contribution is 0.253. The van der Waals surface area contributed by atoms with Crippen molar-refractivity contribution in [3.05, 3.63) is 89.2 Å². The standard InChI is InChI=1S/C28H32FN5/c1-19-7-6-8-20(2)26(19)27(31-24-14-10-22(29)11-15-24)33-28(34-18-5-4-9-21(34)3)32-25-16-12-23(30)13-17-25/h6-8,10-17,21H,4-5,9,18,30H2,1-3H3,(H,31,32,33). The number of nitrogen functional groups attached to an aromatic ring is 1. The molecule has 1 atom stereocenters. The Hall–Kier alpha value is -3.67. The Balaban J connectivity index is 1.82. The molecule has 0 aromatic heterocycles. The van der Waals surface area contributed by atoms with E-state index in [4.69, 9.17) is 15.7 Å². The fourth-order valence-electron chi connectivity index (χ4n) is 4.33. The molecule has 3 N–H and O–H groups in total. The van der Waals surface area contributed by atoms with Gasteiger partial charge in [-0.25, -0.2) is 14.4 Å². The number of benzene rings is 3. The second-order valence-corrected chi connectivity index (χ2v) is 8.89. The van der Waals surface area contributed by atoms with Crippen LogP contribution in [-0.4, -0.2) is 29.3 Å². The summed E-state index contributed by atoms with van der Waals surface area (Å²) in [5.41, 5.74) is 11.3. The molecule has 0 bridgehead atoms. The quantitative estimate of drug-likeness (QED) is 0.277. The Labute approximate surface area is 201 Å². The summed E-state index contributed by atoms with van der Waals surface area (Å²) < 4.78 is 13.5. The summed E-state index contributed by atoms with van der Waals surface area (Å²) in [6.07, 6.45) is 3.43. The number of nitrogens with one attached hydrogen (secondary N) is 1. The summed E-state index contributed by atoms with van der Waals surface area (Å²) in [7, 11) is 0. The second-order valence-electron chi connectivity index (χ2n) is 8.89. The topological polar surface area (TPSA) is 66.0 Å². The highest BCUT2D eigenvalue weighted by atomic mass is 19.1. The van der Waals surface area contributed by atoms with Crippen LogP contribution >= 0.6 is 0 Å². The maximum absolute atomic E-state index is 13.5. The molecule has 0 amide bonds. The van der Waals surface area contributed by atoms with Gasteiger partial charge in [0.1, 0.15) is 11.7 Å². The average molecular weight is 458 g/mol. The van der Waals surface area contributed by atoms with Gasteiger partial charge in [-0.2, -0.15) is 0 Å². The normalized spacial score (nSPS) is 17.1. The molecule has 1 aliphatic heterocycles. The van der Waals surface area contributed by atoms with Gasteiger partial charge in [0.2, 0.25) is 5.96 Å². The van der Waals surface area contributed by atoms with E-state index in [9.17, 15) is 4.39 Å². The first-order valence-corrected chi connectivity index (χ1v) is 11.8. The van der Waals surface area contributed by atoms with Gasteiger partial charge < -0.3 is 16.0 Å². The molecule has 1 aliphatic rings. The third kappa shape index (κ3) is 5.63. The van der Waals surface area contributed by atoms with Crippen molar-refractivity contribution in [3.63, 3.8) is 0 Å². The molecule has 1 unspecified atom stereocenters. The first kappa shape index (κ1) is 23.5. The molecule has 3 aromatic rings. The summed E-state index contributed by atoms with van der Waals surface area (Å²) >= 11 is 0.